The summed E-state index contributed by atoms with van der Waals surface area (Å²) in [6, 6.07) is 0. The Labute approximate surface area is 53.4 Å². The highest BCUT2D eigenvalue weighted by Gasteiger charge is 2.03. The average Bonchev–Trinajstić information content (AvgIpc) is 1.87. The van der Waals surface area contributed by atoms with Crippen molar-refractivity contribution in [1.82, 2.24) is 5.43 Å². The normalized spacial score (nSPS) is 8.67. The van der Waals surface area contributed by atoms with Crippen LogP contribution in [0.25, 0.3) is 0 Å². The SMILES string of the molecule is CCC(=O)CC(=O)NN. The first-order valence-corrected chi connectivity index (χ1v) is 2.71. The van der Waals surface area contributed by atoms with Gasteiger partial charge in [0.25, 0.3) is 0 Å². The first-order valence-electron chi connectivity index (χ1n) is 2.71. The van der Waals surface area contributed by atoms with Crippen LogP contribution in [0.5, 0.6) is 0 Å². The van der Waals surface area contributed by atoms with Gasteiger partial charge in [-0.2, -0.15) is 0 Å². The van der Waals surface area contributed by atoms with Gasteiger partial charge >= 0.3 is 0 Å². The third-order valence-electron chi connectivity index (χ3n) is 0.913. The second-order valence-corrected chi connectivity index (χ2v) is 1.64. The molecule has 0 aliphatic carbocycles. The van der Waals surface area contributed by atoms with Crippen LogP contribution in [0.15, 0.2) is 0 Å². The van der Waals surface area contributed by atoms with E-state index in [1.807, 2.05) is 5.43 Å². The lowest BCUT2D eigenvalue weighted by atomic mass is 10.2. The number of hydrogen-bond acceptors (Lipinski definition) is 3. The number of carbonyl (C=O) groups excluding carboxylic acids is 2. The maximum Gasteiger partial charge on any atom is 0.241 e. The van der Waals surface area contributed by atoms with Crippen LogP contribution in [0, 0.1) is 0 Å². The van der Waals surface area contributed by atoms with Gasteiger partial charge in [0.1, 0.15) is 5.78 Å². The minimum absolute atomic E-state index is 0.0991. The van der Waals surface area contributed by atoms with Gasteiger partial charge in [0.2, 0.25) is 5.91 Å². The van der Waals surface area contributed by atoms with Crippen molar-refractivity contribution in [3.63, 3.8) is 0 Å². The summed E-state index contributed by atoms with van der Waals surface area (Å²) in [5.74, 6) is 4.20. The molecular formula is C5H10N2O2. The monoisotopic (exact) mass is 130 g/mol. The Kier molecular flexibility index (Phi) is 3.62. The maximum absolute atomic E-state index is 10.5. The quantitative estimate of drug-likeness (QED) is 0.231. The largest absolute Gasteiger partial charge is 0.299 e. The predicted molar refractivity (Wildman–Crippen MR) is 32.2 cm³/mol. The second-order valence-electron chi connectivity index (χ2n) is 1.64. The third kappa shape index (κ3) is 3.66. The zero-order chi connectivity index (χ0) is 7.28. The molecule has 0 spiro atoms. The van der Waals surface area contributed by atoms with Crippen LogP contribution in [-0.4, -0.2) is 11.7 Å². The van der Waals surface area contributed by atoms with Crippen molar-refractivity contribution in [3.05, 3.63) is 0 Å². The summed E-state index contributed by atoms with van der Waals surface area (Å²) in [4.78, 5) is 20.8. The van der Waals surface area contributed by atoms with Gasteiger partial charge in [-0.3, -0.25) is 15.0 Å². The Morgan fingerprint density at radius 2 is 2.11 bits per heavy atom. The fourth-order valence-electron chi connectivity index (χ4n) is 0.355. The number of amides is 1. The van der Waals surface area contributed by atoms with Gasteiger partial charge in [0.15, 0.2) is 0 Å². The lowest BCUT2D eigenvalue weighted by Crippen LogP contribution is -2.31. The predicted octanol–water partition coefficient (Wildman–Crippen LogP) is -0.655. The van der Waals surface area contributed by atoms with Gasteiger partial charge in [-0.15, -0.1) is 0 Å². The number of hydrazine groups is 1. The number of rotatable bonds is 3. The zero-order valence-corrected chi connectivity index (χ0v) is 5.31. The lowest BCUT2D eigenvalue weighted by molar-refractivity contribution is -0.128. The highest BCUT2D eigenvalue weighted by molar-refractivity contribution is 5.97. The Morgan fingerprint density at radius 3 is 2.44 bits per heavy atom. The van der Waals surface area contributed by atoms with Gasteiger partial charge in [-0.25, -0.2) is 5.84 Å². The molecule has 0 aliphatic heterocycles. The fraction of sp³-hybridized carbons (Fsp3) is 0.600. The number of hydrogen-bond donors (Lipinski definition) is 2. The van der Waals surface area contributed by atoms with Crippen molar-refractivity contribution in [3.8, 4) is 0 Å². The van der Waals surface area contributed by atoms with Crippen LogP contribution in [0.4, 0.5) is 0 Å². The molecular weight excluding hydrogens is 120 g/mol. The van der Waals surface area contributed by atoms with E-state index in [1.165, 1.54) is 0 Å². The summed E-state index contributed by atoms with van der Waals surface area (Å²) in [6.07, 6.45) is 0.278. The van der Waals surface area contributed by atoms with Crippen molar-refractivity contribution < 1.29 is 9.59 Å². The highest BCUT2D eigenvalue weighted by atomic mass is 16.2. The van der Waals surface area contributed by atoms with Crippen molar-refractivity contribution in [2.45, 2.75) is 19.8 Å². The van der Waals surface area contributed by atoms with Crippen LogP contribution in [-0.2, 0) is 9.59 Å². The number of Topliss-reactive ketones (excluding diaryl/α,β-unsaturated/α-hetero) is 1. The van der Waals surface area contributed by atoms with Crippen LogP contribution in [0.3, 0.4) is 0 Å². The summed E-state index contributed by atoms with van der Waals surface area (Å²) in [5.41, 5.74) is 1.87. The van der Waals surface area contributed by atoms with E-state index < -0.39 is 5.91 Å². The van der Waals surface area contributed by atoms with Crippen molar-refractivity contribution >= 4 is 11.7 Å². The van der Waals surface area contributed by atoms with Gasteiger partial charge in [-0.05, 0) is 0 Å². The molecule has 0 saturated carbocycles. The van der Waals surface area contributed by atoms with E-state index in [4.69, 9.17) is 5.84 Å². The van der Waals surface area contributed by atoms with E-state index >= 15 is 0 Å². The van der Waals surface area contributed by atoms with Gasteiger partial charge in [0.05, 0.1) is 6.42 Å². The highest BCUT2D eigenvalue weighted by Crippen LogP contribution is 1.86. The van der Waals surface area contributed by atoms with Crippen molar-refractivity contribution in [1.29, 1.82) is 0 Å². The maximum atomic E-state index is 10.5. The smallest absolute Gasteiger partial charge is 0.241 e. The van der Waals surface area contributed by atoms with Crippen LogP contribution >= 0.6 is 0 Å². The molecule has 0 fully saturated rings. The molecule has 9 heavy (non-hydrogen) atoms. The topological polar surface area (TPSA) is 72.2 Å². The molecule has 0 aliphatic rings. The van der Waals surface area contributed by atoms with E-state index in [0.717, 1.165) is 0 Å². The number of carbonyl (C=O) groups is 2. The molecule has 0 aromatic heterocycles. The first kappa shape index (κ1) is 8.10. The summed E-state index contributed by atoms with van der Waals surface area (Å²) >= 11 is 0. The van der Waals surface area contributed by atoms with Crippen LogP contribution in [0.2, 0.25) is 0 Å². The molecule has 0 atom stereocenters. The number of ketones is 1. The van der Waals surface area contributed by atoms with E-state index in [1.54, 1.807) is 6.92 Å². The van der Waals surface area contributed by atoms with Gasteiger partial charge in [0, 0.05) is 6.42 Å². The molecule has 0 aromatic carbocycles. The number of nitrogens with one attached hydrogen (secondary N) is 1. The average molecular weight is 130 g/mol. The molecule has 0 radical (unpaired) electrons. The zero-order valence-electron chi connectivity index (χ0n) is 5.31. The van der Waals surface area contributed by atoms with Crippen LogP contribution in [0.1, 0.15) is 19.8 Å². The summed E-state index contributed by atoms with van der Waals surface area (Å²) in [5, 5.41) is 0. The molecule has 0 saturated heterocycles. The minimum Gasteiger partial charge on any atom is -0.299 e. The number of nitrogens with two attached hydrogens (primary N) is 1. The van der Waals surface area contributed by atoms with E-state index in [9.17, 15) is 9.59 Å². The van der Waals surface area contributed by atoms with Crippen molar-refractivity contribution in [2.24, 2.45) is 5.84 Å². The molecule has 3 N–H and O–H groups in total. The van der Waals surface area contributed by atoms with E-state index in [0.29, 0.717) is 6.42 Å². The Balaban J connectivity index is 3.47. The minimum atomic E-state index is -0.429. The molecule has 0 heterocycles. The molecule has 4 heteroatoms. The summed E-state index contributed by atoms with van der Waals surface area (Å²) in [7, 11) is 0. The molecule has 0 rings (SSSR count). The lowest BCUT2D eigenvalue weighted by Gasteiger charge is -1.94. The molecule has 4 nitrogen and oxygen atoms in total. The van der Waals surface area contributed by atoms with Crippen LogP contribution < -0.4 is 11.3 Å². The summed E-state index contributed by atoms with van der Waals surface area (Å²) < 4.78 is 0. The molecule has 1 amide bonds. The third-order valence-corrected chi connectivity index (χ3v) is 0.913. The summed E-state index contributed by atoms with van der Waals surface area (Å²) in [6.45, 7) is 1.70. The second kappa shape index (κ2) is 4.03. The van der Waals surface area contributed by atoms with Gasteiger partial charge < -0.3 is 0 Å². The fourth-order valence-corrected chi connectivity index (χ4v) is 0.355. The molecule has 52 valence electrons. The first-order chi connectivity index (χ1) is 4.20. The Morgan fingerprint density at radius 1 is 1.56 bits per heavy atom. The standard InChI is InChI=1S/C5H10N2O2/c1-2-4(8)3-5(9)7-6/h2-3,6H2,1H3,(H,7,9). The van der Waals surface area contributed by atoms with E-state index in [-0.39, 0.29) is 12.2 Å². The van der Waals surface area contributed by atoms with E-state index in [2.05, 4.69) is 0 Å². The van der Waals surface area contributed by atoms with Crippen molar-refractivity contribution in [2.75, 3.05) is 0 Å². The molecule has 0 bridgehead atoms. The van der Waals surface area contributed by atoms with Gasteiger partial charge in [-0.1, -0.05) is 6.92 Å². The Hall–Kier alpha value is -0.900. The molecule has 0 unspecified atom stereocenters. The Bertz CT molecular complexity index is 108. The molecule has 0 aromatic rings.